The van der Waals surface area contributed by atoms with Gasteiger partial charge in [0.25, 0.3) is 0 Å². The van der Waals surface area contributed by atoms with Crippen molar-refractivity contribution in [1.29, 1.82) is 0 Å². The van der Waals surface area contributed by atoms with Crippen LogP contribution in [0.15, 0.2) is 16.6 Å². The molecule has 6 heteroatoms. The minimum atomic E-state index is -0.365. The summed E-state index contributed by atoms with van der Waals surface area (Å²) >= 11 is 15.2. The Morgan fingerprint density at radius 2 is 2.14 bits per heavy atom. The average Bonchev–Trinajstić information content (AvgIpc) is 2.84. The summed E-state index contributed by atoms with van der Waals surface area (Å²) in [6, 6.07) is 3.17. The quantitative estimate of drug-likeness (QED) is 0.504. The summed E-state index contributed by atoms with van der Waals surface area (Å²) in [5.74, 6) is -0.365. The Labute approximate surface area is 147 Å². The van der Waals surface area contributed by atoms with Gasteiger partial charge in [0, 0.05) is 20.5 Å². The van der Waals surface area contributed by atoms with Gasteiger partial charge >= 0.3 is 0 Å². The highest BCUT2D eigenvalue weighted by atomic mass is 79.9. The van der Waals surface area contributed by atoms with Gasteiger partial charge in [0.2, 0.25) is 0 Å². The third-order valence-electron chi connectivity index (χ3n) is 3.98. The topological polar surface area (TPSA) is 17.8 Å². The summed E-state index contributed by atoms with van der Waals surface area (Å²) < 4.78 is 16.6. The van der Waals surface area contributed by atoms with Crippen LogP contribution in [0.1, 0.15) is 43.0 Å². The molecule has 22 heavy (non-hydrogen) atoms. The lowest BCUT2D eigenvalue weighted by Gasteiger charge is -2.11. The van der Waals surface area contributed by atoms with Crippen molar-refractivity contribution in [2.45, 2.75) is 39.0 Å². The van der Waals surface area contributed by atoms with Crippen molar-refractivity contribution in [3.8, 4) is 5.69 Å². The molecule has 1 aromatic carbocycles. The lowest BCUT2D eigenvalue weighted by atomic mass is 9.98. The fourth-order valence-electron chi connectivity index (χ4n) is 2.78. The number of hydrogen-bond donors (Lipinski definition) is 0. The van der Waals surface area contributed by atoms with Crippen molar-refractivity contribution in [2.24, 2.45) is 0 Å². The molecule has 0 radical (unpaired) electrons. The first-order valence-electron chi connectivity index (χ1n) is 7.31. The highest BCUT2D eigenvalue weighted by Crippen LogP contribution is 2.32. The molecule has 3 rings (SSSR count). The summed E-state index contributed by atoms with van der Waals surface area (Å²) in [5.41, 5.74) is 3.21. The second-order valence-electron chi connectivity index (χ2n) is 5.40. The third-order valence-corrected chi connectivity index (χ3v) is 5.53. The van der Waals surface area contributed by atoms with Crippen molar-refractivity contribution in [3.63, 3.8) is 0 Å². The summed E-state index contributed by atoms with van der Waals surface area (Å²) in [5, 5.41) is 5.04. The number of halogens is 3. The Bertz CT molecular complexity index is 757. The molecule has 0 unspecified atom stereocenters. The van der Waals surface area contributed by atoms with Gasteiger partial charge < -0.3 is 0 Å². The van der Waals surface area contributed by atoms with E-state index in [1.165, 1.54) is 10.7 Å². The number of rotatable bonds is 3. The molecule has 0 bridgehead atoms. The molecule has 0 atom stereocenters. The molecule has 1 heterocycles. The maximum atomic E-state index is 14.4. The third kappa shape index (κ3) is 2.74. The summed E-state index contributed by atoms with van der Waals surface area (Å²) in [6.45, 7) is 1.98. The molecule has 0 saturated carbocycles. The maximum Gasteiger partial charge on any atom is 0.150 e. The largest absolute Gasteiger partial charge is 0.219 e. The molecule has 116 valence electrons. The Hall–Kier alpha value is -0.780. The molecule has 1 aromatic heterocycles. The Kier molecular flexibility index (Phi) is 4.67. The van der Waals surface area contributed by atoms with Gasteiger partial charge in [-0.1, -0.05) is 46.7 Å². The second-order valence-corrected chi connectivity index (χ2v) is 7.10. The number of benzene rings is 1. The lowest BCUT2D eigenvalue weighted by Crippen LogP contribution is -2.05. The van der Waals surface area contributed by atoms with Gasteiger partial charge in [0.05, 0.1) is 5.69 Å². The first kappa shape index (κ1) is 16.1. The van der Waals surface area contributed by atoms with Crippen LogP contribution in [-0.4, -0.2) is 14.6 Å². The first-order chi connectivity index (χ1) is 10.5. The van der Waals surface area contributed by atoms with E-state index in [0.717, 1.165) is 53.8 Å². The van der Waals surface area contributed by atoms with E-state index in [2.05, 4.69) is 21.0 Å². The summed E-state index contributed by atoms with van der Waals surface area (Å²) in [7, 11) is 0. The van der Waals surface area contributed by atoms with Crippen LogP contribution in [0.2, 0.25) is 5.15 Å². The highest BCUT2D eigenvalue weighted by molar-refractivity contribution is 9.10. The van der Waals surface area contributed by atoms with E-state index in [-0.39, 0.29) is 5.82 Å². The van der Waals surface area contributed by atoms with E-state index in [9.17, 15) is 4.39 Å². The zero-order valence-corrected chi connectivity index (χ0v) is 15.3. The van der Waals surface area contributed by atoms with Gasteiger partial charge in [-0.15, -0.1) is 0 Å². The number of fused-ring (bicyclic) bond motifs is 1. The van der Waals surface area contributed by atoms with E-state index < -0.39 is 0 Å². The first-order valence-corrected chi connectivity index (χ1v) is 8.89. The van der Waals surface area contributed by atoms with Gasteiger partial charge in [-0.2, -0.15) is 5.10 Å². The van der Waals surface area contributed by atoms with Crippen LogP contribution in [0.25, 0.3) is 5.69 Å². The predicted molar refractivity (Wildman–Crippen MR) is 94.9 cm³/mol. The molecule has 2 aromatic rings. The van der Waals surface area contributed by atoms with Crippen molar-refractivity contribution >= 4 is 44.6 Å². The smallest absolute Gasteiger partial charge is 0.150 e. The van der Waals surface area contributed by atoms with Crippen LogP contribution in [-0.2, 0) is 12.8 Å². The fourth-order valence-corrected chi connectivity index (χ4v) is 3.97. The average molecular weight is 402 g/mol. The van der Waals surface area contributed by atoms with E-state index in [1.54, 1.807) is 6.07 Å². The van der Waals surface area contributed by atoms with Crippen LogP contribution in [0.3, 0.4) is 0 Å². The Balaban J connectivity index is 2.16. The molecule has 0 aliphatic heterocycles. The van der Waals surface area contributed by atoms with Gasteiger partial charge in [0.1, 0.15) is 16.7 Å². The predicted octanol–water partition coefficient (Wildman–Crippen LogP) is 5.43. The molecule has 1 aliphatic rings. The van der Waals surface area contributed by atoms with Crippen LogP contribution >= 0.6 is 39.7 Å². The normalized spacial score (nSPS) is 14.0. The summed E-state index contributed by atoms with van der Waals surface area (Å²) in [4.78, 5) is 0.779. The van der Waals surface area contributed by atoms with E-state index in [4.69, 9.17) is 23.8 Å². The zero-order chi connectivity index (χ0) is 15.9. The van der Waals surface area contributed by atoms with Gasteiger partial charge in [-0.05, 0) is 44.2 Å². The van der Waals surface area contributed by atoms with Crippen molar-refractivity contribution < 1.29 is 4.39 Å². The van der Waals surface area contributed by atoms with Crippen molar-refractivity contribution in [1.82, 2.24) is 9.78 Å². The minimum absolute atomic E-state index is 0.355. The van der Waals surface area contributed by atoms with Gasteiger partial charge in [0.15, 0.2) is 0 Å². The molecule has 1 aliphatic carbocycles. The molecular weight excluding hydrogens is 387 g/mol. The molecule has 2 nitrogen and oxygen atoms in total. The van der Waals surface area contributed by atoms with Crippen molar-refractivity contribution in [3.05, 3.63) is 44.4 Å². The number of aryl methyl sites for hydroxylation is 1. The van der Waals surface area contributed by atoms with E-state index >= 15 is 0 Å². The Morgan fingerprint density at radius 3 is 2.82 bits per heavy atom. The van der Waals surface area contributed by atoms with Gasteiger partial charge in [-0.3, -0.25) is 0 Å². The van der Waals surface area contributed by atoms with Crippen molar-refractivity contribution in [2.75, 3.05) is 0 Å². The number of nitrogens with zero attached hydrogens (tertiary/aromatic N) is 2. The van der Waals surface area contributed by atoms with Gasteiger partial charge in [-0.25, -0.2) is 9.07 Å². The number of hydrogen-bond acceptors (Lipinski definition) is 2. The molecule has 0 N–H and O–H groups in total. The number of aromatic nitrogens is 2. The monoisotopic (exact) mass is 400 g/mol. The molecule has 0 saturated heterocycles. The fraction of sp³-hybridized carbons (Fsp3) is 0.375. The SMILES string of the molecule is CCC(=S)c1cc(-n2nc3c(c2Cl)CCCC3)c(F)cc1Br. The maximum absolute atomic E-state index is 14.4. The number of thiocarbonyl (C=S) groups is 1. The Morgan fingerprint density at radius 1 is 1.41 bits per heavy atom. The molecule has 0 spiro atoms. The van der Waals surface area contributed by atoms with Crippen LogP contribution in [0, 0.1) is 5.82 Å². The summed E-state index contributed by atoms with van der Waals surface area (Å²) in [6.07, 6.45) is 4.75. The van der Waals surface area contributed by atoms with Crippen LogP contribution < -0.4 is 0 Å². The van der Waals surface area contributed by atoms with Crippen LogP contribution in [0.4, 0.5) is 4.39 Å². The molecule has 0 fully saturated rings. The minimum Gasteiger partial charge on any atom is -0.219 e. The highest BCUT2D eigenvalue weighted by Gasteiger charge is 2.22. The van der Waals surface area contributed by atoms with E-state index in [1.807, 2.05) is 6.92 Å². The lowest BCUT2D eigenvalue weighted by molar-refractivity contribution is 0.607. The molecule has 0 amide bonds. The molecular formula is C16H15BrClFN2S. The standard InChI is InChI=1S/C16H15BrClFN2S/c1-2-15(22)10-7-14(12(19)8-11(10)17)21-16(18)9-5-3-4-6-13(9)20-21/h7-8H,2-6H2,1H3. The zero-order valence-electron chi connectivity index (χ0n) is 12.1. The second kappa shape index (κ2) is 6.38. The van der Waals surface area contributed by atoms with E-state index in [0.29, 0.717) is 15.3 Å². The van der Waals surface area contributed by atoms with Crippen LogP contribution in [0.5, 0.6) is 0 Å².